The van der Waals surface area contributed by atoms with E-state index in [0.29, 0.717) is 19.8 Å². The van der Waals surface area contributed by atoms with Gasteiger partial charge in [0.1, 0.15) is 11.6 Å². The van der Waals surface area contributed by atoms with Gasteiger partial charge in [-0.05, 0) is 18.4 Å². The number of hydrogen-bond acceptors (Lipinski definition) is 6. The van der Waals surface area contributed by atoms with Crippen molar-refractivity contribution in [3.8, 4) is 0 Å². The Bertz CT molecular complexity index is 570. The lowest BCUT2D eigenvalue weighted by Gasteiger charge is -2.29. The Morgan fingerprint density at radius 2 is 2.33 bits per heavy atom. The first-order chi connectivity index (χ1) is 10.2. The Labute approximate surface area is 128 Å². The van der Waals surface area contributed by atoms with Crippen LogP contribution in [0.1, 0.15) is 16.5 Å². The Balaban J connectivity index is 1.42. The topological polar surface area (TPSA) is 63.4 Å². The molecule has 2 aromatic heterocycles. The molecule has 3 rings (SSSR count). The highest BCUT2D eigenvalue weighted by Gasteiger charge is 2.21. The second kappa shape index (κ2) is 6.65. The molecule has 0 radical (unpaired) electrons. The van der Waals surface area contributed by atoms with Crippen molar-refractivity contribution in [2.24, 2.45) is 0 Å². The maximum Gasteiger partial charge on any atom is 0.147 e. The van der Waals surface area contributed by atoms with Gasteiger partial charge in [-0.3, -0.25) is 4.90 Å². The Morgan fingerprint density at radius 3 is 3.14 bits per heavy atom. The van der Waals surface area contributed by atoms with Crippen molar-refractivity contribution in [3.05, 3.63) is 34.0 Å². The molecule has 1 N–H and O–H groups in total. The Hall–Kier alpha value is -1.28. The molecule has 0 aliphatic carbocycles. The summed E-state index contributed by atoms with van der Waals surface area (Å²) in [6.45, 7) is 6.05. The highest BCUT2D eigenvalue weighted by molar-refractivity contribution is 7.09. The van der Waals surface area contributed by atoms with Gasteiger partial charge in [0.15, 0.2) is 0 Å². The van der Waals surface area contributed by atoms with E-state index in [4.69, 9.17) is 4.74 Å². The van der Waals surface area contributed by atoms with Crippen LogP contribution in [0.5, 0.6) is 0 Å². The van der Waals surface area contributed by atoms with Crippen LogP contribution < -0.4 is 0 Å². The highest BCUT2D eigenvalue weighted by Crippen LogP contribution is 2.13. The van der Waals surface area contributed by atoms with Gasteiger partial charge in [0, 0.05) is 24.5 Å². The summed E-state index contributed by atoms with van der Waals surface area (Å²) in [6, 6.07) is 4.04. The zero-order chi connectivity index (χ0) is 14.7. The van der Waals surface area contributed by atoms with Crippen LogP contribution in [0, 0.1) is 6.92 Å². The van der Waals surface area contributed by atoms with Crippen LogP contribution in [0.4, 0.5) is 0 Å². The number of fused-ring (bicyclic) bond motifs is 1. The third-order valence-electron chi connectivity index (χ3n) is 3.62. The van der Waals surface area contributed by atoms with Crippen molar-refractivity contribution >= 4 is 11.3 Å². The molecule has 0 spiro atoms. The van der Waals surface area contributed by atoms with Crippen molar-refractivity contribution < 1.29 is 9.84 Å². The molecule has 6 nitrogen and oxygen atoms in total. The maximum absolute atomic E-state index is 10.1. The van der Waals surface area contributed by atoms with E-state index in [1.54, 1.807) is 11.3 Å². The molecule has 0 saturated heterocycles. The van der Waals surface area contributed by atoms with Crippen LogP contribution in [-0.2, 0) is 24.4 Å². The summed E-state index contributed by atoms with van der Waals surface area (Å²) in [5.41, 5.74) is 0. The molecule has 7 heteroatoms. The lowest BCUT2D eigenvalue weighted by Crippen LogP contribution is -2.40. The molecular weight excluding hydrogens is 288 g/mol. The van der Waals surface area contributed by atoms with Gasteiger partial charge in [0.05, 0.1) is 25.9 Å². The maximum atomic E-state index is 10.1. The predicted octanol–water partition coefficient (Wildman–Crippen LogP) is 1.04. The monoisotopic (exact) mass is 308 g/mol. The summed E-state index contributed by atoms with van der Waals surface area (Å²) < 4.78 is 7.69. The number of ether oxygens (including phenoxy) is 1. The molecule has 3 heterocycles. The first-order valence-electron chi connectivity index (χ1n) is 7.11. The standard InChI is InChI=1S/C14H20N4O2S/c1-11-15-16-14-8-17(4-5-18(11)14)7-12(19)9-20-10-13-3-2-6-21-13/h2-3,6,12,19H,4-5,7-10H2,1H3/t12-/m1/s1. The van der Waals surface area contributed by atoms with Gasteiger partial charge in [-0.25, -0.2) is 0 Å². The van der Waals surface area contributed by atoms with Crippen LogP contribution >= 0.6 is 11.3 Å². The number of aryl methyl sites for hydroxylation is 1. The molecular formula is C14H20N4O2S. The van der Waals surface area contributed by atoms with Crippen LogP contribution in [-0.4, -0.2) is 50.6 Å². The van der Waals surface area contributed by atoms with Crippen LogP contribution in [0.2, 0.25) is 0 Å². The average Bonchev–Trinajstić information content (AvgIpc) is 3.09. The van der Waals surface area contributed by atoms with Gasteiger partial charge < -0.3 is 14.4 Å². The van der Waals surface area contributed by atoms with E-state index in [-0.39, 0.29) is 0 Å². The molecule has 0 bridgehead atoms. The minimum absolute atomic E-state index is 0.361. The third-order valence-corrected chi connectivity index (χ3v) is 4.47. The lowest BCUT2D eigenvalue weighted by atomic mass is 10.3. The van der Waals surface area contributed by atoms with Crippen molar-refractivity contribution in [1.82, 2.24) is 19.7 Å². The number of β-amino-alcohol motifs (C(OH)–C–C–N with tert-alkyl or cyclic N) is 1. The minimum atomic E-state index is -0.472. The summed E-state index contributed by atoms with van der Waals surface area (Å²) in [5.74, 6) is 1.94. The largest absolute Gasteiger partial charge is 0.389 e. The molecule has 0 fully saturated rings. The highest BCUT2D eigenvalue weighted by atomic mass is 32.1. The first-order valence-corrected chi connectivity index (χ1v) is 7.99. The second-order valence-corrected chi connectivity index (χ2v) is 6.33. The normalized spacial score (nSPS) is 16.9. The van der Waals surface area contributed by atoms with Gasteiger partial charge in [-0.2, -0.15) is 0 Å². The Morgan fingerprint density at radius 1 is 1.43 bits per heavy atom. The average molecular weight is 308 g/mol. The fraction of sp³-hybridized carbons (Fsp3) is 0.571. The predicted molar refractivity (Wildman–Crippen MR) is 80.0 cm³/mol. The molecule has 1 aliphatic rings. The van der Waals surface area contributed by atoms with E-state index in [0.717, 1.165) is 31.3 Å². The van der Waals surface area contributed by atoms with Gasteiger partial charge in [-0.15, -0.1) is 21.5 Å². The van der Waals surface area contributed by atoms with E-state index in [9.17, 15) is 5.11 Å². The van der Waals surface area contributed by atoms with E-state index in [2.05, 4.69) is 19.7 Å². The van der Waals surface area contributed by atoms with Gasteiger partial charge >= 0.3 is 0 Å². The van der Waals surface area contributed by atoms with E-state index in [1.807, 2.05) is 24.4 Å². The molecule has 21 heavy (non-hydrogen) atoms. The van der Waals surface area contributed by atoms with Crippen molar-refractivity contribution in [3.63, 3.8) is 0 Å². The zero-order valence-electron chi connectivity index (χ0n) is 12.1. The number of aromatic nitrogens is 3. The van der Waals surface area contributed by atoms with Crippen LogP contribution in [0.25, 0.3) is 0 Å². The molecule has 114 valence electrons. The number of nitrogens with zero attached hydrogens (tertiary/aromatic N) is 4. The molecule has 1 aliphatic heterocycles. The molecule has 0 unspecified atom stereocenters. The molecule has 2 aromatic rings. The summed E-state index contributed by atoms with van der Waals surface area (Å²) in [5, 5.41) is 20.4. The summed E-state index contributed by atoms with van der Waals surface area (Å²) in [4.78, 5) is 3.38. The van der Waals surface area contributed by atoms with Crippen molar-refractivity contribution in [1.29, 1.82) is 0 Å². The minimum Gasteiger partial charge on any atom is -0.389 e. The van der Waals surface area contributed by atoms with E-state index < -0.39 is 6.10 Å². The molecule has 0 amide bonds. The van der Waals surface area contributed by atoms with Crippen LogP contribution in [0.3, 0.4) is 0 Å². The fourth-order valence-electron chi connectivity index (χ4n) is 2.55. The smallest absolute Gasteiger partial charge is 0.147 e. The van der Waals surface area contributed by atoms with Gasteiger partial charge in [-0.1, -0.05) is 6.07 Å². The van der Waals surface area contributed by atoms with Gasteiger partial charge in [0.25, 0.3) is 0 Å². The fourth-order valence-corrected chi connectivity index (χ4v) is 3.19. The second-order valence-electron chi connectivity index (χ2n) is 5.30. The Kier molecular flexibility index (Phi) is 4.64. The van der Waals surface area contributed by atoms with Gasteiger partial charge in [0.2, 0.25) is 0 Å². The summed E-state index contributed by atoms with van der Waals surface area (Å²) >= 11 is 1.67. The zero-order valence-corrected chi connectivity index (χ0v) is 12.9. The quantitative estimate of drug-likeness (QED) is 0.864. The lowest BCUT2D eigenvalue weighted by molar-refractivity contribution is 0.00609. The molecule has 1 atom stereocenters. The summed E-state index contributed by atoms with van der Waals surface area (Å²) in [6.07, 6.45) is -0.472. The number of rotatable bonds is 6. The van der Waals surface area contributed by atoms with Crippen molar-refractivity contribution in [2.45, 2.75) is 32.7 Å². The van der Waals surface area contributed by atoms with E-state index >= 15 is 0 Å². The molecule has 0 saturated carbocycles. The number of aliphatic hydroxyl groups is 1. The van der Waals surface area contributed by atoms with Crippen molar-refractivity contribution in [2.75, 3.05) is 19.7 Å². The van der Waals surface area contributed by atoms with E-state index in [1.165, 1.54) is 4.88 Å². The third kappa shape index (κ3) is 3.68. The number of aliphatic hydroxyl groups excluding tert-OH is 1. The SMILES string of the molecule is Cc1nnc2n1CCN(C[C@@H](O)COCc1cccs1)C2. The number of hydrogen-bond donors (Lipinski definition) is 1. The summed E-state index contributed by atoms with van der Waals surface area (Å²) in [7, 11) is 0. The van der Waals surface area contributed by atoms with Crippen LogP contribution in [0.15, 0.2) is 17.5 Å². The molecule has 0 aromatic carbocycles. The number of thiophene rings is 1. The first kappa shape index (κ1) is 14.6.